The van der Waals surface area contributed by atoms with Gasteiger partial charge < -0.3 is 11.1 Å². The smallest absolute Gasteiger partial charge is 0.370 e. The van der Waals surface area contributed by atoms with Gasteiger partial charge in [-0.15, -0.1) is 0 Å². The molecule has 0 saturated heterocycles. The number of guanidine groups is 1. The largest absolute Gasteiger partial charge is 0.389 e. The van der Waals surface area contributed by atoms with E-state index >= 15 is 0 Å². The summed E-state index contributed by atoms with van der Waals surface area (Å²) in [6.45, 7) is 1.19. The Kier molecular flexibility index (Phi) is 5.58. The second-order valence-electron chi connectivity index (χ2n) is 4.52. The monoisotopic (exact) mass is 251 g/mol. The van der Waals surface area contributed by atoms with E-state index in [-0.39, 0.29) is 6.42 Å². The topological polar surface area (TPSA) is 50.4 Å². The molecule has 3 nitrogen and oxygen atoms in total. The highest BCUT2D eigenvalue weighted by Crippen LogP contribution is 2.26. The number of unbranched alkanes of at least 4 members (excludes halogenated alkanes) is 1. The highest BCUT2D eigenvalue weighted by Gasteiger charge is 2.25. The van der Waals surface area contributed by atoms with Crippen LogP contribution in [-0.2, 0) is 0 Å². The molecule has 0 aliphatic heterocycles. The summed E-state index contributed by atoms with van der Waals surface area (Å²) < 4.78 is 35.5. The van der Waals surface area contributed by atoms with Crippen LogP contribution < -0.4 is 11.1 Å². The summed E-state index contributed by atoms with van der Waals surface area (Å²) in [6.07, 6.45) is -0.501. The predicted molar refractivity (Wildman–Crippen MR) is 61.7 cm³/mol. The van der Waals surface area contributed by atoms with Crippen molar-refractivity contribution in [2.75, 3.05) is 13.1 Å². The van der Waals surface area contributed by atoms with Crippen LogP contribution >= 0.6 is 0 Å². The maximum atomic E-state index is 11.8. The molecule has 3 N–H and O–H groups in total. The Labute approximate surface area is 99.7 Å². The van der Waals surface area contributed by atoms with Crippen molar-refractivity contribution in [2.24, 2.45) is 16.6 Å². The normalized spacial score (nSPS) is 17.9. The third-order valence-electron chi connectivity index (χ3n) is 2.94. The van der Waals surface area contributed by atoms with Crippen LogP contribution in [0.5, 0.6) is 0 Å². The summed E-state index contributed by atoms with van der Waals surface area (Å²) in [4.78, 5) is 4.15. The second kappa shape index (κ2) is 6.71. The van der Waals surface area contributed by atoms with Crippen LogP contribution in [0, 0.1) is 5.92 Å². The number of nitrogens with one attached hydrogen (secondary N) is 1. The summed E-state index contributed by atoms with van der Waals surface area (Å²) >= 11 is 0. The van der Waals surface area contributed by atoms with E-state index in [4.69, 9.17) is 5.73 Å². The first-order valence-corrected chi connectivity index (χ1v) is 6.08. The molecule has 0 unspecified atom stereocenters. The van der Waals surface area contributed by atoms with E-state index in [1.165, 1.54) is 19.3 Å². The molecule has 0 radical (unpaired) electrons. The molecule has 1 aliphatic carbocycles. The Morgan fingerprint density at radius 2 is 2.00 bits per heavy atom. The van der Waals surface area contributed by atoms with Crippen molar-refractivity contribution in [3.05, 3.63) is 0 Å². The van der Waals surface area contributed by atoms with Crippen LogP contribution in [0.3, 0.4) is 0 Å². The second-order valence-corrected chi connectivity index (χ2v) is 4.52. The molecule has 0 bridgehead atoms. The lowest BCUT2D eigenvalue weighted by Gasteiger charge is -2.23. The zero-order chi connectivity index (χ0) is 12.7. The van der Waals surface area contributed by atoms with E-state index in [2.05, 4.69) is 10.3 Å². The number of alkyl halides is 3. The van der Waals surface area contributed by atoms with Gasteiger partial charge in [0.1, 0.15) is 0 Å². The molecule has 1 fully saturated rings. The molecule has 0 atom stereocenters. The van der Waals surface area contributed by atoms with Crippen molar-refractivity contribution >= 4 is 5.96 Å². The maximum Gasteiger partial charge on any atom is 0.389 e. The van der Waals surface area contributed by atoms with Gasteiger partial charge in [0.15, 0.2) is 5.96 Å². The first kappa shape index (κ1) is 14.1. The fraction of sp³-hybridized carbons (Fsp3) is 0.909. The van der Waals surface area contributed by atoms with Gasteiger partial charge in [0.2, 0.25) is 0 Å². The molecule has 0 aromatic carbocycles. The fourth-order valence-electron chi connectivity index (χ4n) is 1.63. The molecule has 0 spiro atoms. The minimum Gasteiger partial charge on any atom is -0.370 e. The molecule has 17 heavy (non-hydrogen) atoms. The lowest BCUT2D eigenvalue weighted by molar-refractivity contribution is -0.135. The Balaban J connectivity index is 1.97. The number of aliphatic imine (C=N–C) groups is 1. The van der Waals surface area contributed by atoms with Gasteiger partial charge in [-0.1, -0.05) is 6.42 Å². The Hall–Kier alpha value is -0.940. The van der Waals surface area contributed by atoms with E-state index in [1.54, 1.807) is 0 Å². The molecule has 1 aliphatic rings. The minimum absolute atomic E-state index is 0.131. The van der Waals surface area contributed by atoms with Crippen LogP contribution in [0.15, 0.2) is 4.99 Å². The first-order valence-electron chi connectivity index (χ1n) is 6.08. The average Bonchev–Trinajstić information content (AvgIpc) is 2.13. The molecule has 100 valence electrons. The fourth-order valence-corrected chi connectivity index (χ4v) is 1.63. The minimum atomic E-state index is -4.05. The standard InChI is InChI=1S/C11H20F3N3/c12-11(13,14)6-1-2-7-16-10(15)17-8-9-4-3-5-9/h9H,1-8H2,(H3,15,16,17). The Morgan fingerprint density at radius 1 is 1.29 bits per heavy atom. The highest BCUT2D eigenvalue weighted by atomic mass is 19.4. The highest BCUT2D eigenvalue weighted by molar-refractivity contribution is 5.77. The maximum absolute atomic E-state index is 11.8. The van der Waals surface area contributed by atoms with E-state index in [1.807, 2.05) is 0 Å². The SMILES string of the molecule is NC(=NCC1CCC1)NCCCCC(F)(F)F. The summed E-state index contributed by atoms with van der Waals surface area (Å²) in [5, 5.41) is 2.83. The van der Waals surface area contributed by atoms with Gasteiger partial charge in [-0.3, -0.25) is 4.99 Å². The zero-order valence-corrected chi connectivity index (χ0v) is 9.89. The van der Waals surface area contributed by atoms with Crippen LogP contribution in [0.4, 0.5) is 13.2 Å². The number of halogens is 3. The van der Waals surface area contributed by atoms with E-state index in [9.17, 15) is 13.2 Å². The third-order valence-corrected chi connectivity index (χ3v) is 2.94. The molecular weight excluding hydrogens is 231 g/mol. The van der Waals surface area contributed by atoms with Crippen LogP contribution in [0.2, 0.25) is 0 Å². The van der Waals surface area contributed by atoms with Gasteiger partial charge in [-0.05, 0) is 31.6 Å². The number of nitrogens with two attached hydrogens (primary N) is 1. The van der Waals surface area contributed by atoms with E-state index < -0.39 is 12.6 Å². The first-order chi connectivity index (χ1) is 7.97. The van der Waals surface area contributed by atoms with Crippen LogP contribution in [0.1, 0.15) is 38.5 Å². The summed E-state index contributed by atoms with van der Waals surface area (Å²) in [6, 6.07) is 0. The van der Waals surface area contributed by atoms with Gasteiger partial charge in [-0.2, -0.15) is 13.2 Å². The number of rotatable bonds is 6. The quantitative estimate of drug-likeness (QED) is 0.433. The van der Waals surface area contributed by atoms with Gasteiger partial charge in [0, 0.05) is 19.5 Å². The van der Waals surface area contributed by atoms with Crippen molar-refractivity contribution in [3.63, 3.8) is 0 Å². The molecule has 0 amide bonds. The zero-order valence-electron chi connectivity index (χ0n) is 9.89. The predicted octanol–water partition coefficient (Wildman–Crippen LogP) is 2.42. The summed E-state index contributed by atoms with van der Waals surface area (Å²) in [7, 11) is 0. The van der Waals surface area contributed by atoms with Gasteiger partial charge >= 0.3 is 6.18 Å². The molecule has 0 heterocycles. The third kappa shape index (κ3) is 7.07. The number of hydrogen-bond acceptors (Lipinski definition) is 1. The van der Waals surface area contributed by atoms with Crippen molar-refractivity contribution < 1.29 is 13.2 Å². The van der Waals surface area contributed by atoms with Gasteiger partial charge in [0.05, 0.1) is 0 Å². The van der Waals surface area contributed by atoms with Crippen LogP contribution in [-0.4, -0.2) is 25.2 Å². The van der Waals surface area contributed by atoms with Gasteiger partial charge in [0.25, 0.3) is 0 Å². The number of nitrogens with zero attached hydrogens (tertiary/aromatic N) is 1. The van der Waals surface area contributed by atoms with Crippen LogP contribution in [0.25, 0.3) is 0 Å². The van der Waals surface area contributed by atoms with Crippen molar-refractivity contribution in [1.29, 1.82) is 0 Å². The molecule has 0 aromatic rings. The van der Waals surface area contributed by atoms with Crippen molar-refractivity contribution in [2.45, 2.75) is 44.7 Å². The summed E-state index contributed by atoms with van der Waals surface area (Å²) in [5.74, 6) is 1.00. The van der Waals surface area contributed by atoms with E-state index in [0.29, 0.717) is 24.8 Å². The van der Waals surface area contributed by atoms with Crippen molar-refractivity contribution in [3.8, 4) is 0 Å². The molecular formula is C11H20F3N3. The van der Waals surface area contributed by atoms with Crippen molar-refractivity contribution in [1.82, 2.24) is 5.32 Å². The molecule has 1 saturated carbocycles. The lowest BCUT2D eigenvalue weighted by Crippen LogP contribution is -2.33. The Bertz CT molecular complexity index is 247. The molecule has 0 aromatic heterocycles. The van der Waals surface area contributed by atoms with Gasteiger partial charge in [-0.25, -0.2) is 0 Å². The lowest BCUT2D eigenvalue weighted by atomic mass is 9.86. The summed E-state index contributed by atoms with van der Waals surface area (Å²) in [5.41, 5.74) is 5.59. The number of hydrogen-bond donors (Lipinski definition) is 2. The molecule has 1 rings (SSSR count). The Morgan fingerprint density at radius 3 is 2.53 bits per heavy atom. The average molecular weight is 251 g/mol. The van der Waals surface area contributed by atoms with E-state index in [0.717, 1.165) is 6.54 Å². The molecule has 6 heteroatoms.